The first kappa shape index (κ1) is 18.8. The number of aryl methyl sites for hydroxylation is 2. The monoisotopic (exact) mass is 427 g/mol. The molecular formula is C22H19BrClNO. The molecule has 0 unspecified atom stereocenters. The Morgan fingerprint density at radius 3 is 2.38 bits per heavy atom. The first-order chi connectivity index (χ1) is 12.5. The topological polar surface area (TPSA) is 30.0 Å². The number of pyridine rings is 1. The molecule has 1 heterocycles. The summed E-state index contributed by atoms with van der Waals surface area (Å²) < 4.78 is 1.000. The van der Waals surface area contributed by atoms with Crippen molar-refractivity contribution in [3.05, 3.63) is 98.2 Å². The summed E-state index contributed by atoms with van der Waals surface area (Å²) in [5, 5.41) is 0.688. The summed E-state index contributed by atoms with van der Waals surface area (Å²) in [6, 6.07) is 18.1. The van der Waals surface area contributed by atoms with Crippen LogP contribution in [0, 0.1) is 13.8 Å². The second-order valence-corrected chi connectivity index (χ2v) is 7.78. The van der Waals surface area contributed by atoms with Gasteiger partial charge in [-0.25, -0.2) is 0 Å². The van der Waals surface area contributed by atoms with Gasteiger partial charge in [0.05, 0.1) is 5.41 Å². The van der Waals surface area contributed by atoms with E-state index >= 15 is 0 Å². The van der Waals surface area contributed by atoms with Crippen LogP contribution in [0.4, 0.5) is 0 Å². The number of carbonyl (C=O) groups is 1. The number of carbonyl (C=O) groups excluding carboxylic acids is 1. The SMILES string of the molecule is Cc1cc([C@@](CC=O)(c2ccc(Br)cc2)c2ccc(Cl)cc2C)ccn1. The van der Waals surface area contributed by atoms with E-state index in [2.05, 4.69) is 39.1 Å². The summed E-state index contributed by atoms with van der Waals surface area (Å²) in [6.45, 7) is 4.00. The van der Waals surface area contributed by atoms with Crippen LogP contribution in [0.5, 0.6) is 0 Å². The lowest BCUT2D eigenvalue weighted by molar-refractivity contribution is -0.108. The minimum atomic E-state index is -0.592. The van der Waals surface area contributed by atoms with Gasteiger partial charge in [-0.15, -0.1) is 0 Å². The third kappa shape index (κ3) is 3.46. The van der Waals surface area contributed by atoms with Crippen LogP contribution >= 0.6 is 27.5 Å². The largest absolute Gasteiger partial charge is 0.303 e. The predicted molar refractivity (Wildman–Crippen MR) is 110 cm³/mol. The van der Waals surface area contributed by atoms with Crippen LogP contribution in [0.2, 0.25) is 5.02 Å². The van der Waals surface area contributed by atoms with Crippen molar-refractivity contribution in [2.45, 2.75) is 25.7 Å². The number of aldehydes is 1. The molecule has 132 valence electrons. The zero-order valence-corrected chi connectivity index (χ0v) is 17.0. The Hall–Kier alpha value is -1.97. The molecule has 2 aromatic carbocycles. The summed E-state index contributed by atoms with van der Waals surface area (Å²) in [4.78, 5) is 16.2. The highest BCUT2D eigenvalue weighted by Gasteiger charge is 2.37. The Morgan fingerprint density at radius 1 is 1.04 bits per heavy atom. The molecule has 4 heteroatoms. The van der Waals surface area contributed by atoms with Gasteiger partial charge < -0.3 is 4.79 Å². The molecular weight excluding hydrogens is 410 g/mol. The summed E-state index contributed by atoms with van der Waals surface area (Å²) in [5.74, 6) is 0. The molecule has 0 saturated carbocycles. The molecule has 1 atom stereocenters. The molecule has 0 amide bonds. The molecule has 0 aliphatic heterocycles. The van der Waals surface area contributed by atoms with Gasteiger partial charge in [-0.2, -0.15) is 0 Å². The molecule has 0 aliphatic rings. The van der Waals surface area contributed by atoms with Crippen LogP contribution in [0.1, 0.15) is 34.4 Å². The Bertz CT molecular complexity index is 939. The second kappa shape index (κ2) is 7.73. The van der Waals surface area contributed by atoms with Gasteiger partial charge in [-0.3, -0.25) is 4.98 Å². The fraction of sp³-hybridized carbons (Fsp3) is 0.182. The number of rotatable bonds is 5. The Labute approximate surface area is 167 Å². The molecule has 0 aliphatic carbocycles. The normalized spacial score (nSPS) is 13.2. The standard InChI is InChI=1S/C22H19BrClNO/c1-15-13-20(24)7-8-21(15)22(10-12-26,17-3-5-19(23)6-4-17)18-9-11-25-16(2)14-18/h3-9,11-14H,10H2,1-2H3/t22-/m1/s1. The number of hydrogen-bond donors (Lipinski definition) is 0. The van der Waals surface area contributed by atoms with E-state index in [1.165, 1.54) is 0 Å². The molecule has 0 spiro atoms. The highest BCUT2D eigenvalue weighted by atomic mass is 79.9. The lowest BCUT2D eigenvalue weighted by Gasteiger charge is -2.36. The summed E-state index contributed by atoms with van der Waals surface area (Å²) in [7, 11) is 0. The fourth-order valence-electron chi connectivity index (χ4n) is 3.60. The number of aromatic nitrogens is 1. The van der Waals surface area contributed by atoms with Gasteiger partial charge in [-0.1, -0.05) is 45.7 Å². The minimum absolute atomic E-state index is 0.334. The maximum absolute atomic E-state index is 11.8. The molecule has 2 nitrogen and oxygen atoms in total. The molecule has 0 bridgehead atoms. The van der Waals surface area contributed by atoms with Crippen molar-refractivity contribution in [3.8, 4) is 0 Å². The maximum atomic E-state index is 11.8. The highest BCUT2D eigenvalue weighted by molar-refractivity contribution is 9.10. The van der Waals surface area contributed by atoms with Gasteiger partial charge in [0.15, 0.2) is 0 Å². The van der Waals surface area contributed by atoms with Crippen molar-refractivity contribution >= 4 is 33.8 Å². The van der Waals surface area contributed by atoms with Crippen molar-refractivity contribution < 1.29 is 4.79 Å². The van der Waals surface area contributed by atoms with Gasteiger partial charge in [-0.05, 0) is 72.5 Å². The van der Waals surface area contributed by atoms with E-state index in [1.54, 1.807) is 6.20 Å². The van der Waals surface area contributed by atoms with Crippen molar-refractivity contribution in [1.82, 2.24) is 4.98 Å². The van der Waals surface area contributed by atoms with Crippen molar-refractivity contribution in [2.75, 3.05) is 0 Å². The van der Waals surface area contributed by atoms with Crippen molar-refractivity contribution in [3.63, 3.8) is 0 Å². The van der Waals surface area contributed by atoms with E-state index in [9.17, 15) is 4.79 Å². The Kier molecular flexibility index (Phi) is 5.59. The molecule has 0 fully saturated rings. The number of halogens is 2. The summed E-state index contributed by atoms with van der Waals surface area (Å²) in [6.07, 6.45) is 3.13. The molecule has 0 N–H and O–H groups in total. The summed E-state index contributed by atoms with van der Waals surface area (Å²) >= 11 is 9.70. The van der Waals surface area contributed by atoms with Crippen LogP contribution in [0.25, 0.3) is 0 Å². The van der Waals surface area contributed by atoms with E-state index < -0.39 is 5.41 Å². The van der Waals surface area contributed by atoms with E-state index in [1.807, 2.05) is 50.2 Å². The smallest absolute Gasteiger partial charge is 0.121 e. The molecule has 26 heavy (non-hydrogen) atoms. The van der Waals surface area contributed by atoms with Crippen LogP contribution in [-0.4, -0.2) is 11.3 Å². The van der Waals surface area contributed by atoms with Gasteiger partial charge in [0.25, 0.3) is 0 Å². The van der Waals surface area contributed by atoms with Gasteiger partial charge >= 0.3 is 0 Å². The third-order valence-electron chi connectivity index (χ3n) is 4.76. The quantitative estimate of drug-likeness (QED) is 0.464. The number of hydrogen-bond acceptors (Lipinski definition) is 2. The lowest BCUT2D eigenvalue weighted by atomic mass is 9.66. The second-order valence-electron chi connectivity index (χ2n) is 6.43. The van der Waals surface area contributed by atoms with Crippen molar-refractivity contribution in [2.24, 2.45) is 0 Å². The molecule has 0 saturated heterocycles. The third-order valence-corrected chi connectivity index (χ3v) is 5.53. The zero-order valence-electron chi connectivity index (χ0n) is 14.7. The van der Waals surface area contributed by atoms with E-state index in [0.29, 0.717) is 11.4 Å². The predicted octanol–water partition coefficient (Wildman–Crippen LogP) is 6.04. The average Bonchev–Trinajstić information content (AvgIpc) is 2.61. The fourth-order valence-corrected chi connectivity index (χ4v) is 4.09. The van der Waals surface area contributed by atoms with Gasteiger partial charge in [0, 0.05) is 27.8 Å². The number of nitrogens with zero attached hydrogens (tertiary/aromatic N) is 1. The van der Waals surface area contributed by atoms with E-state index in [0.717, 1.165) is 38.7 Å². The van der Waals surface area contributed by atoms with Crippen LogP contribution in [0.3, 0.4) is 0 Å². The van der Waals surface area contributed by atoms with E-state index in [-0.39, 0.29) is 0 Å². The maximum Gasteiger partial charge on any atom is 0.121 e. The van der Waals surface area contributed by atoms with Crippen LogP contribution in [0.15, 0.2) is 65.3 Å². The minimum Gasteiger partial charge on any atom is -0.303 e. The Morgan fingerprint density at radius 2 is 1.77 bits per heavy atom. The van der Waals surface area contributed by atoms with Crippen LogP contribution < -0.4 is 0 Å². The average molecular weight is 429 g/mol. The Balaban J connectivity index is 2.38. The lowest BCUT2D eigenvalue weighted by Crippen LogP contribution is -2.31. The van der Waals surface area contributed by atoms with Crippen molar-refractivity contribution in [1.29, 1.82) is 0 Å². The zero-order chi connectivity index (χ0) is 18.7. The molecule has 3 rings (SSSR count). The molecule has 1 aromatic heterocycles. The first-order valence-corrected chi connectivity index (χ1v) is 9.54. The van der Waals surface area contributed by atoms with Gasteiger partial charge in [0.1, 0.15) is 6.29 Å². The van der Waals surface area contributed by atoms with Gasteiger partial charge in [0.2, 0.25) is 0 Å². The van der Waals surface area contributed by atoms with Crippen LogP contribution in [-0.2, 0) is 10.2 Å². The molecule has 0 radical (unpaired) electrons. The number of benzene rings is 2. The highest BCUT2D eigenvalue weighted by Crippen LogP contribution is 2.43. The molecule has 3 aromatic rings. The van der Waals surface area contributed by atoms with E-state index in [4.69, 9.17) is 11.6 Å². The first-order valence-electron chi connectivity index (χ1n) is 8.37. The summed E-state index contributed by atoms with van der Waals surface area (Å²) in [5.41, 5.74) is 4.55.